The number of carboxylic acid groups (broad SMARTS) is 1. The lowest BCUT2D eigenvalue weighted by Gasteiger charge is -2.40. The molecule has 1 aromatic rings. The summed E-state index contributed by atoms with van der Waals surface area (Å²) < 4.78 is 5.10. The van der Waals surface area contributed by atoms with Crippen molar-refractivity contribution in [1.82, 2.24) is 4.90 Å². The summed E-state index contributed by atoms with van der Waals surface area (Å²) in [5.41, 5.74) is -0.183. The number of methoxy groups -OCH3 is 1. The van der Waals surface area contributed by atoms with Gasteiger partial charge >= 0.3 is 5.97 Å². The van der Waals surface area contributed by atoms with E-state index in [1.807, 2.05) is 19.1 Å². The monoisotopic (exact) mass is 339 g/mol. The van der Waals surface area contributed by atoms with Crippen molar-refractivity contribution in [1.29, 1.82) is 0 Å². The Hall–Kier alpha value is -1.59. The van der Waals surface area contributed by atoms with E-state index in [0.29, 0.717) is 24.4 Å². The first kappa shape index (κ1) is 17.8. The minimum absolute atomic E-state index is 0.0753. The van der Waals surface area contributed by atoms with Gasteiger partial charge in [0.05, 0.1) is 12.5 Å². The lowest BCUT2D eigenvalue weighted by molar-refractivity contribution is -0.159. The van der Waals surface area contributed by atoms with Gasteiger partial charge in [-0.2, -0.15) is 0 Å². The molecular weight excluding hydrogens is 318 g/mol. The van der Waals surface area contributed by atoms with Crippen LogP contribution in [0.5, 0.6) is 0 Å². The van der Waals surface area contributed by atoms with Gasteiger partial charge in [-0.3, -0.25) is 9.59 Å². The third-order valence-electron chi connectivity index (χ3n) is 4.48. The smallest absolute Gasteiger partial charge is 0.313 e. The van der Waals surface area contributed by atoms with Crippen molar-refractivity contribution in [2.45, 2.75) is 25.7 Å². The second-order valence-corrected chi connectivity index (χ2v) is 6.59. The molecule has 1 amide bonds. The molecule has 0 bridgehead atoms. The Labute approximate surface area is 141 Å². The van der Waals surface area contributed by atoms with Crippen LogP contribution in [0.4, 0.5) is 0 Å². The summed E-state index contributed by atoms with van der Waals surface area (Å²) >= 11 is 5.99. The summed E-state index contributed by atoms with van der Waals surface area (Å²) in [6.07, 6.45) is 1.18. The number of carboxylic acids is 1. The molecule has 126 valence electrons. The molecule has 1 aliphatic rings. The Kier molecular flexibility index (Phi) is 5.65. The second-order valence-electron chi connectivity index (χ2n) is 6.16. The largest absolute Gasteiger partial charge is 0.481 e. The first-order valence-electron chi connectivity index (χ1n) is 7.66. The molecule has 1 saturated heterocycles. The van der Waals surface area contributed by atoms with Crippen LogP contribution in [0, 0.1) is 5.41 Å². The van der Waals surface area contributed by atoms with E-state index in [0.717, 1.165) is 5.56 Å². The van der Waals surface area contributed by atoms with Crippen molar-refractivity contribution >= 4 is 23.5 Å². The molecule has 0 aliphatic carbocycles. The number of hydrogen-bond donors (Lipinski definition) is 1. The van der Waals surface area contributed by atoms with Crippen LogP contribution in [0.15, 0.2) is 24.3 Å². The van der Waals surface area contributed by atoms with Crippen molar-refractivity contribution in [2.75, 3.05) is 26.8 Å². The number of nitrogens with zero attached hydrogens (tertiary/aromatic N) is 1. The van der Waals surface area contributed by atoms with Crippen LogP contribution in [0.2, 0.25) is 5.02 Å². The molecule has 23 heavy (non-hydrogen) atoms. The van der Waals surface area contributed by atoms with Gasteiger partial charge in [-0.05, 0) is 37.5 Å². The zero-order chi connectivity index (χ0) is 17.0. The molecule has 2 rings (SSSR count). The number of amides is 1. The third kappa shape index (κ3) is 3.85. The maximum atomic E-state index is 12.8. The number of carbonyl (C=O) groups is 2. The van der Waals surface area contributed by atoms with Gasteiger partial charge in [0.1, 0.15) is 5.41 Å². The molecule has 1 aromatic carbocycles. The van der Waals surface area contributed by atoms with Crippen LogP contribution in [0.3, 0.4) is 0 Å². The standard InChI is InChI=1S/C17H22ClNO4/c1-12(13-5-3-6-14(18)9-13)15(20)19-8-4-7-17(10-19,11-23-2)16(21)22/h3,5-6,9,12H,4,7-8,10-11H2,1-2H3,(H,21,22). The molecular formula is C17H22ClNO4. The third-order valence-corrected chi connectivity index (χ3v) is 4.72. The highest BCUT2D eigenvalue weighted by Crippen LogP contribution is 2.32. The minimum atomic E-state index is -1.02. The molecule has 1 fully saturated rings. The number of likely N-dealkylation sites (tertiary alicyclic amines) is 1. The quantitative estimate of drug-likeness (QED) is 0.895. The van der Waals surface area contributed by atoms with Crippen molar-refractivity contribution in [3.63, 3.8) is 0 Å². The highest BCUT2D eigenvalue weighted by atomic mass is 35.5. The second kappa shape index (κ2) is 7.32. The van der Waals surface area contributed by atoms with E-state index < -0.39 is 11.4 Å². The van der Waals surface area contributed by atoms with E-state index in [9.17, 15) is 14.7 Å². The summed E-state index contributed by atoms with van der Waals surface area (Å²) in [4.78, 5) is 26.1. The zero-order valence-electron chi connectivity index (χ0n) is 13.4. The first-order chi connectivity index (χ1) is 10.9. The van der Waals surface area contributed by atoms with Crippen molar-refractivity contribution in [2.24, 2.45) is 5.41 Å². The maximum absolute atomic E-state index is 12.8. The van der Waals surface area contributed by atoms with Gasteiger partial charge in [-0.25, -0.2) is 0 Å². The van der Waals surface area contributed by atoms with E-state index in [-0.39, 0.29) is 25.0 Å². The molecule has 1 aliphatic heterocycles. The normalized spacial score (nSPS) is 22.7. The van der Waals surface area contributed by atoms with Crippen molar-refractivity contribution < 1.29 is 19.4 Å². The molecule has 1 N–H and O–H groups in total. The molecule has 2 unspecified atom stereocenters. The molecule has 0 aromatic heterocycles. The van der Waals surface area contributed by atoms with E-state index in [2.05, 4.69) is 0 Å². The van der Waals surface area contributed by atoms with Gasteiger partial charge in [-0.15, -0.1) is 0 Å². The van der Waals surface area contributed by atoms with E-state index in [1.54, 1.807) is 17.0 Å². The maximum Gasteiger partial charge on any atom is 0.313 e. The lowest BCUT2D eigenvalue weighted by atomic mass is 9.80. The Morgan fingerprint density at radius 2 is 2.22 bits per heavy atom. The fourth-order valence-electron chi connectivity index (χ4n) is 3.14. The van der Waals surface area contributed by atoms with E-state index in [1.165, 1.54) is 7.11 Å². The molecule has 1 heterocycles. The SMILES string of the molecule is COCC1(C(=O)O)CCCN(C(=O)C(C)c2cccc(Cl)c2)C1. The van der Waals surface area contributed by atoms with Gasteiger partial charge < -0.3 is 14.7 Å². The number of ether oxygens (including phenoxy) is 1. The number of halogens is 1. The van der Waals surface area contributed by atoms with Gasteiger partial charge in [0.15, 0.2) is 0 Å². The number of piperidine rings is 1. The van der Waals surface area contributed by atoms with Crippen molar-refractivity contribution in [3.8, 4) is 0 Å². The van der Waals surface area contributed by atoms with Crippen LogP contribution >= 0.6 is 11.6 Å². The average Bonchev–Trinajstić information content (AvgIpc) is 2.54. The Bertz CT molecular complexity index is 588. The molecule has 0 radical (unpaired) electrons. The fraction of sp³-hybridized carbons (Fsp3) is 0.529. The topological polar surface area (TPSA) is 66.8 Å². The van der Waals surface area contributed by atoms with Crippen LogP contribution in [0.1, 0.15) is 31.2 Å². The van der Waals surface area contributed by atoms with Gasteiger partial charge in [0, 0.05) is 25.2 Å². The molecule has 2 atom stereocenters. The predicted molar refractivity (Wildman–Crippen MR) is 87.6 cm³/mol. The number of hydrogen-bond acceptors (Lipinski definition) is 3. The zero-order valence-corrected chi connectivity index (χ0v) is 14.2. The number of rotatable bonds is 5. The predicted octanol–water partition coefficient (Wildman–Crippen LogP) is 2.78. The number of benzene rings is 1. The molecule has 5 nitrogen and oxygen atoms in total. The van der Waals surface area contributed by atoms with Gasteiger partial charge in [0.25, 0.3) is 0 Å². The molecule has 0 saturated carbocycles. The fourth-order valence-corrected chi connectivity index (χ4v) is 3.34. The van der Waals surface area contributed by atoms with Gasteiger partial charge in [0.2, 0.25) is 5.91 Å². The van der Waals surface area contributed by atoms with Gasteiger partial charge in [-0.1, -0.05) is 23.7 Å². The highest BCUT2D eigenvalue weighted by Gasteiger charge is 2.44. The summed E-state index contributed by atoms with van der Waals surface area (Å²) in [5.74, 6) is -1.35. The summed E-state index contributed by atoms with van der Waals surface area (Å²) in [6.45, 7) is 2.68. The van der Waals surface area contributed by atoms with Crippen LogP contribution in [0.25, 0.3) is 0 Å². The summed E-state index contributed by atoms with van der Waals surface area (Å²) in [7, 11) is 1.49. The molecule has 6 heteroatoms. The highest BCUT2D eigenvalue weighted by molar-refractivity contribution is 6.30. The lowest BCUT2D eigenvalue weighted by Crippen LogP contribution is -2.52. The van der Waals surface area contributed by atoms with E-state index in [4.69, 9.17) is 16.3 Å². The first-order valence-corrected chi connectivity index (χ1v) is 8.04. The number of carbonyl (C=O) groups excluding carboxylic acids is 1. The molecule has 0 spiro atoms. The summed E-state index contributed by atoms with van der Waals surface area (Å²) in [5, 5.41) is 10.2. The summed E-state index contributed by atoms with van der Waals surface area (Å²) in [6, 6.07) is 7.20. The Morgan fingerprint density at radius 3 is 2.83 bits per heavy atom. The van der Waals surface area contributed by atoms with Crippen LogP contribution in [-0.2, 0) is 14.3 Å². The Balaban J connectivity index is 2.17. The number of aliphatic carboxylic acids is 1. The van der Waals surface area contributed by atoms with E-state index >= 15 is 0 Å². The van der Waals surface area contributed by atoms with Crippen molar-refractivity contribution in [3.05, 3.63) is 34.9 Å². The average molecular weight is 340 g/mol. The van der Waals surface area contributed by atoms with Crippen LogP contribution < -0.4 is 0 Å². The Morgan fingerprint density at radius 1 is 1.48 bits per heavy atom. The van der Waals surface area contributed by atoms with Crippen LogP contribution in [-0.4, -0.2) is 48.7 Å². The minimum Gasteiger partial charge on any atom is -0.481 e.